The summed E-state index contributed by atoms with van der Waals surface area (Å²) in [6.07, 6.45) is -3.08. The number of halogens is 5. The molecular weight excluding hydrogens is 393 g/mol. The van der Waals surface area contributed by atoms with Gasteiger partial charge in [-0.15, -0.1) is 0 Å². The van der Waals surface area contributed by atoms with Gasteiger partial charge in [-0.3, -0.25) is 0 Å². The monoisotopic (exact) mass is 404 g/mol. The molecule has 0 aliphatic rings. The normalized spacial score (nSPS) is 11.7. The van der Waals surface area contributed by atoms with Gasteiger partial charge in [0.05, 0.1) is 12.2 Å². The maximum absolute atomic E-state index is 13.0. The highest BCUT2D eigenvalue weighted by Crippen LogP contribution is 2.36. The lowest BCUT2D eigenvalue weighted by atomic mass is 10.2. The molecule has 1 rings (SSSR count). The van der Waals surface area contributed by atoms with Crippen molar-refractivity contribution in [3.8, 4) is 0 Å². The van der Waals surface area contributed by atoms with Crippen molar-refractivity contribution >= 4 is 37.7 Å². The molecule has 0 radical (unpaired) electrons. The summed E-state index contributed by atoms with van der Waals surface area (Å²) >= 11 is 6.24. The number of alkyl halides is 4. The zero-order valence-corrected chi connectivity index (χ0v) is 13.3. The van der Waals surface area contributed by atoms with Crippen molar-refractivity contribution in [3.05, 3.63) is 22.3 Å². The van der Waals surface area contributed by atoms with Crippen LogP contribution in [0, 0.1) is 0 Å². The van der Waals surface area contributed by atoms with E-state index in [0.717, 1.165) is 6.07 Å². The largest absolute Gasteiger partial charge is 0.419 e. The molecule has 0 aromatic carbocycles. The van der Waals surface area contributed by atoms with Gasteiger partial charge in [0.1, 0.15) is 5.82 Å². The topological polar surface area (TPSA) is 25.4 Å². The standard InChI is InChI=1S/C11H13Br2F3N2O/c1-19-5-4-18(3-2-12)10-9(11(14,15)16)6-8(13)7-17-10/h6-7H,2-5H2,1H3. The van der Waals surface area contributed by atoms with Crippen LogP contribution in [0.3, 0.4) is 0 Å². The van der Waals surface area contributed by atoms with Crippen molar-refractivity contribution in [1.29, 1.82) is 0 Å². The van der Waals surface area contributed by atoms with Crippen LogP contribution < -0.4 is 4.90 Å². The lowest BCUT2D eigenvalue weighted by Gasteiger charge is -2.25. The van der Waals surface area contributed by atoms with Gasteiger partial charge >= 0.3 is 6.18 Å². The van der Waals surface area contributed by atoms with Crippen LogP contribution in [0.4, 0.5) is 19.0 Å². The molecule has 0 bridgehead atoms. The molecular formula is C11H13Br2F3N2O. The van der Waals surface area contributed by atoms with Gasteiger partial charge in [0.25, 0.3) is 0 Å². The van der Waals surface area contributed by atoms with E-state index in [-0.39, 0.29) is 5.82 Å². The van der Waals surface area contributed by atoms with Crippen LogP contribution >= 0.6 is 31.9 Å². The molecule has 1 aromatic heterocycles. The van der Waals surface area contributed by atoms with Gasteiger partial charge in [-0.2, -0.15) is 13.2 Å². The second-order valence-electron chi connectivity index (χ2n) is 3.69. The first-order valence-electron chi connectivity index (χ1n) is 5.42. The SMILES string of the molecule is COCCN(CCBr)c1ncc(Br)cc1C(F)(F)F. The van der Waals surface area contributed by atoms with Gasteiger partial charge in [0.15, 0.2) is 0 Å². The number of hydrogen-bond acceptors (Lipinski definition) is 3. The minimum atomic E-state index is -4.44. The van der Waals surface area contributed by atoms with E-state index in [2.05, 4.69) is 36.8 Å². The predicted octanol–water partition coefficient (Wildman–Crippen LogP) is 3.71. The Morgan fingerprint density at radius 2 is 2.05 bits per heavy atom. The smallest absolute Gasteiger partial charge is 0.383 e. The minimum absolute atomic E-state index is 0.0767. The first-order valence-corrected chi connectivity index (χ1v) is 7.34. The zero-order chi connectivity index (χ0) is 14.5. The third-order valence-electron chi connectivity index (χ3n) is 2.36. The van der Waals surface area contributed by atoms with Crippen molar-refractivity contribution < 1.29 is 17.9 Å². The number of aromatic nitrogens is 1. The first-order chi connectivity index (χ1) is 8.90. The van der Waals surface area contributed by atoms with Crippen LogP contribution in [0.1, 0.15) is 5.56 Å². The summed E-state index contributed by atoms with van der Waals surface area (Å²) in [6.45, 7) is 1.10. The molecule has 8 heteroatoms. The third-order valence-corrected chi connectivity index (χ3v) is 3.15. The van der Waals surface area contributed by atoms with Gasteiger partial charge < -0.3 is 9.64 Å². The summed E-state index contributed by atoms with van der Waals surface area (Å²) in [5.41, 5.74) is -0.751. The van der Waals surface area contributed by atoms with E-state index in [4.69, 9.17) is 4.74 Å². The van der Waals surface area contributed by atoms with E-state index < -0.39 is 11.7 Å². The summed E-state index contributed by atoms with van der Waals surface area (Å²) in [5, 5.41) is 0.547. The van der Waals surface area contributed by atoms with E-state index in [9.17, 15) is 13.2 Å². The molecule has 0 fully saturated rings. The summed E-state index contributed by atoms with van der Waals surface area (Å²) in [5.74, 6) is -0.0767. The Labute approximate surface area is 126 Å². The van der Waals surface area contributed by atoms with Crippen molar-refractivity contribution in [2.24, 2.45) is 0 Å². The van der Waals surface area contributed by atoms with Crippen LogP contribution in [0.2, 0.25) is 0 Å². The molecule has 0 aliphatic carbocycles. The number of pyridine rings is 1. The molecule has 19 heavy (non-hydrogen) atoms. The maximum Gasteiger partial charge on any atom is 0.419 e. The molecule has 0 unspecified atom stereocenters. The van der Waals surface area contributed by atoms with Gasteiger partial charge in [0, 0.05) is 36.2 Å². The second kappa shape index (κ2) is 7.44. The molecule has 0 atom stereocenters. The average Bonchev–Trinajstić information content (AvgIpc) is 2.33. The molecule has 0 spiro atoms. The van der Waals surface area contributed by atoms with Gasteiger partial charge in [-0.1, -0.05) is 15.9 Å². The summed E-state index contributed by atoms with van der Waals surface area (Å²) in [7, 11) is 1.51. The molecule has 0 saturated carbocycles. The fourth-order valence-corrected chi connectivity index (χ4v) is 2.28. The molecule has 0 amide bonds. The van der Waals surface area contributed by atoms with Crippen LogP contribution in [-0.4, -0.2) is 37.1 Å². The van der Waals surface area contributed by atoms with Gasteiger partial charge in [0.2, 0.25) is 0 Å². The highest BCUT2D eigenvalue weighted by atomic mass is 79.9. The summed E-state index contributed by atoms with van der Waals surface area (Å²) < 4.78 is 44.3. The fraction of sp³-hybridized carbons (Fsp3) is 0.545. The van der Waals surface area contributed by atoms with Crippen molar-refractivity contribution in [3.63, 3.8) is 0 Å². The molecule has 1 aromatic rings. The Bertz CT molecular complexity index is 415. The van der Waals surface area contributed by atoms with Crippen LogP contribution in [-0.2, 0) is 10.9 Å². The second-order valence-corrected chi connectivity index (χ2v) is 5.40. The first kappa shape index (κ1) is 16.7. The zero-order valence-electron chi connectivity index (χ0n) is 10.2. The fourth-order valence-electron chi connectivity index (χ4n) is 1.52. The van der Waals surface area contributed by atoms with Crippen LogP contribution in [0.25, 0.3) is 0 Å². The number of hydrogen-bond donors (Lipinski definition) is 0. The highest BCUT2D eigenvalue weighted by molar-refractivity contribution is 9.10. The Balaban J connectivity index is 3.14. The number of ether oxygens (including phenoxy) is 1. The van der Waals surface area contributed by atoms with Crippen LogP contribution in [0.5, 0.6) is 0 Å². The van der Waals surface area contributed by atoms with Gasteiger partial charge in [-0.25, -0.2) is 4.98 Å². The molecule has 0 saturated heterocycles. The summed E-state index contributed by atoms with van der Waals surface area (Å²) in [4.78, 5) is 5.45. The Kier molecular flexibility index (Phi) is 6.55. The molecule has 0 aliphatic heterocycles. The van der Waals surface area contributed by atoms with Crippen molar-refractivity contribution in [1.82, 2.24) is 4.98 Å². The number of nitrogens with zero attached hydrogens (tertiary/aromatic N) is 2. The van der Waals surface area contributed by atoms with E-state index in [1.807, 2.05) is 0 Å². The lowest BCUT2D eigenvalue weighted by Crippen LogP contribution is -2.32. The lowest BCUT2D eigenvalue weighted by molar-refractivity contribution is -0.137. The Morgan fingerprint density at radius 3 is 2.58 bits per heavy atom. The average molecular weight is 406 g/mol. The number of methoxy groups -OCH3 is 1. The Hall–Kier alpha value is -0.340. The number of rotatable bonds is 6. The third kappa shape index (κ3) is 4.92. The van der Waals surface area contributed by atoms with E-state index in [1.54, 1.807) is 4.90 Å². The van der Waals surface area contributed by atoms with Crippen molar-refractivity contribution in [2.75, 3.05) is 37.0 Å². The van der Waals surface area contributed by atoms with Crippen LogP contribution in [0.15, 0.2) is 16.7 Å². The van der Waals surface area contributed by atoms with E-state index >= 15 is 0 Å². The maximum atomic E-state index is 13.0. The molecule has 1 heterocycles. The Morgan fingerprint density at radius 1 is 1.37 bits per heavy atom. The van der Waals surface area contributed by atoms with E-state index in [0.29, 0.717) is 29.5 Å². The van der Waals surface area contributed by atoms with E-state index in [1.165, 1.54) is 13.3 Å². The predicted molar refractivity (Wildman–Crippen MR) is 74.8 cm³/mol. The molecule has 108 valence electrons. The minimum Gasteiger partial charge on any atom is -0.383 e. The summed E-state index contributed by atoms with van der Waals surface area (Å²) in [6, 6.07) is 1.04. The van der Waals surface area contributed by atoms with Gasteiger partial charge in [-0.05, 0) is 22.0 Å². The van der Waals surface area contributed by atoms with Crippen molar-refractivity contribution in [2.45, 2.75) is 6.18 Å². The number of anilines is 1. The highest BCUT2D eigenvalue weighted by Gasteiger charge is 2.36. The quantitative estimate of drug-likeness (QED) is 0.674. The molecule has 0 N–H and O–H groups in total. The molecule has 3 nitrogen and oxygen atoms in total.